The van der Waals surface area contributed by atoms with Gasteiger partial charge in [0.25, 0.3) is 5.56 Å². The first-order valence-corrected chi connectivity index (χ1v) is 9.84. The molecule has 0 aliphatic heterocycles. The van der Waals surface area contributed by atoms with Crippen LogP contribution in [0.3, 0.4) is 0 Å². The molecular weight excluding hydrogens is 352 g/mol. The van der Waals surface area contributed by atoms with Crippen molar-refractivity contribution in [2.24, 2.45) is 0 Å². The third-order valence-electron chi connectivity index (χ3n) is 4.39. The average Bonchev–Trinajstić information content (AvgIpc) is 2.91. The van der Waals surface area contributed by atoms with E-state index in [0.29, 0.717) is 22.9 Å². The van der Waals surface area contributed by atoms with Gasteiger partial charge in [-0.05, 0) is 48.9 Å². The quantitative estimate of drug-likeness (QED) is 0.637. The maximum Gasteiger partial charge on any atom is 0.252 e. The SMILES string of the molecule is Cc1n[nH]c(C)c1S(=O)(=O)NCc1cc2cc(C(C)C)ccc2[nH]c1=O. The van der Waals surface area contributed by atoms with Crippen LogP contribution in [0.4, 0.5) is 0 Å². The fourth-order valence-electron chi connectivity index (χ4n) is 2.94. The summed E-state index contributed by atoms with van der Waals surface area (Å²) in [7, 11) is -3.76. The molecule has 0 unspecified atom stereocenters. The molecule has 3 rings (SSSR count). The van der Waals surface area contributed by atoms with Crippen LogP contribution in [-0.2, 0) is 16.6 Å². The first-order valence-electron chi connectivity index (χ1n) is 8.36. The van der Waals surface area contributed by atoms with Crippen LogP contribution >= 0.6 is 0 Å². The number of benzene rings is 1. The van der Waals surface area contributed by atoms with E-state index in [9.17, 15) is 13.2 Å². The highest BCUT2D eigenvalue weighted by atomic mass is 32.2. The fraction of sp³-hybridized carbons (Fsp3) is 0.333. The monoisotopic (exact) mass is 374 g/mol. The fourth-order valence-corrected chi connectivity index (χ4v) is 4.32. The molecule has 3 aromatic rings. The minimum Gasteiger partial charge on any atom is -0.322 e. The number of rotatable bonds is 5. The zero-order valence-electron chi connectivity index (χ0n) is 15.2. The van der Waals surface area contributed by atoms with Crippen LogP contribution in [0.5, 0.6) is 0 Å². The Kier molecular flexibility index (Phi) is 4.72. The lowest BCUT2D eigenvalue weighted by Crippen LogP contribution is -2.27. The van der Waals surface area contributed by atoms with Crippen molar-refractivity contribution in [2.45, 2.75) is 45.1 Å². The molecule has 0 amide bonds. The molecule has 7 nitrogen and oxygen atoms in total. The summed E-state index contributed by atoms with van der Waals surface area (Å²) in [6, 6.07) is 7.60. The zero-order valence-corrected chi connectivity index (χ0v) is 16.0. The molecule has 0 saturated heterocycles. The molecule has 2 heterocycles. The van der Waals surface area contributed by atoms with E-state index in [1.54, 1.807) is 19.9 Å². The van der Waals surface area contributed by atoms with E-state index in [4.69, 9.17) is 0 Å². The molecule has 0 radical (unpaired) electrons. The topological polar surface area (TPSA) is 108 Å². The summed E-state index contributed by atoms with van der Waals surface area (Å²) in [4.78, 5) is 15.2. The van der Waals surface area contributed by atoms with Crippen molar-refractivity contribution in [3.05, 3.63) is 57.1 Å². The summed E-state index contributed by atoms with van der Waals surface area (Å²) >= 11 is 0. The van der Waals surface area contributed by atoms with Gasteiger partial charge in [0.1, 0.15) is 4.90 Å². The van der Waals surface area contributed by atoms with Gasteiger partial charge in [0.15, 0.2) is 0 Å². The minimum atomic E-state index is -3.76. The summed E-state index contributed by atoms with van der Waals surface area (Å²) in [6.07, 6.45) is 0. The van der Waals surface area contributed by atoms with Crippen molar-refractivity contribution in [3.8, 4) is 0 Å². The number of sulfonamides is 1. The second-order valence-corrected chi connectivity index (χ2v) is 8.42. The second kappa shape index (κ2) is 6.69. The van der Waals surface area contributed by atoms with Gasteiger partial charge in [-0.3, -0.25) is 9.89 Å². The van der Waals surface area contributed by atoms with E-state index in [1.807, 2.05) is 18.2 Å². The molecule has 3 N–H and O–H groups in total. The highest BCUT2D eigenvalue weighted by Crippen LogP contribution is 2.20. The lowest BCUT2D eigenvalue weighted by molar-refractivity contribution is 0.580. The number of nitrogens with zero attached hydrogens (tertiary/aromatic N) is 1. The third kappa shape index (κ3) is 3.42. The lowest BCUT2D eigenvalue weighted by atomic mass is 10.0. The Labute approximate surface area is 151 Å². The number of fused-ring (bicyclic) bond motifs is 1. The van der Waals surface area contributed by atoms with Gasteiger partial charge >= 0.3 is 0 Å². The number of hydrogen-bond donors (Lipinski definition) is 3. The summed E-state index contributed by atoms with van der Waals surface area (Å²) in [5, 5.41) is 7.44. The molecule has 2 aromatic heterocycles. The molecule has 0 aliphatic rings. The van der Waals surface area contributed by atoms with Crippen molar-refractivity contribution >= 4 is 20.9 Å². The number of aryl methyl sites for hydroxylation is 2. The van der Waals surface area contributed by atoms with Gasteiger partial charge in [-0.1, -0.05) is 19.9 Å². The zero-order chi connectivity index (χ0) is 19.1. The van der Waals surface area contributed by atoms with Gasteiger partial charge in [0, 0.05) is 17.6 Å². The van der Waals surface area contributed by atoms with Crippen molar-refractivity contribution in [2.75, 3.05) is 0 Å². The number of aromatic amines is 2. The minimum absolute atomic E-state index is 0.0937. The number of H-pyrrole nitrogens is 2. The van der Waals surface area contributed by atoms with Gasteiger partial charge in [-0.25, -0.2) is 13.1 Å². The number of pyridine rings is 1. The van der Waals surface area contributed by atoms with Crippen LogP contribution in [0.2, 0.25) is 0 Å². The number of aromatic nitrogens is 3. The van der Waals surface area contributed by atoms with Crippen molar-refractivity contribution in [1.29, 1.82) is 0 Å². The Morgan fingerprint density at radius 2 is 1.92 bits per heavy atom. The van der Waals surface area contributed by atoms with Crippen LogP contribution < -0.4 is 10.3 Å². The van der Waals surface area contributed by atoms with E-state index in [1.165, 1.54) is 0 Å². The largest absolute Gasteiger partial charge is 0.322 e. The van der Waals surface area contributed by atoms with Gasteiger partial charge < -0.3 is 4.98 Å². The summed E-state index contributed by atoms with van der Waals surface area (Å²) in [5.74, 6) is 0.361. The number of nitrogens with one attached hydrogen (secondary N) is 3. The highest BCUT2D eigenvalue weighted by Gasteiger charge is 2.22. The van der Waals surface area contributed by atoms with E-state index in [-0.39, 0.29) is 17.0 Å². The molecule has 0 saturated carbocycles. The van der Waals surface area contributed by atoms with Crippen LogP contribution in [0.15, 0.2) is 34.0 Å². The average molecular weight is 374 g/mol. The molecule has 0 aliphatic carbocycles. The third-order valence-corrected chi connectivity index (χ3v) is 6.06. The molecule has 1 aromatic carbocycles. The molecule has 0 atom stereocenters. The van der Waals surface area contributed by atoms with Crippen molar-refractivity contribution in [1.82, 2.24) is 19.9 Å². The first kappa shape index (κ1) is 18.3. The summed E-state index contributed by atoms with van der Waals surface area (Å²) in [5.41, 5.74) is 2.79. The normalized spacial score (nSPS) is 12.2. The predicted octanol–water partition coefficient (Wildman–Crippen LogP) is 2.47. The van der Waals surface area contributed by atoms with Gasteiger partial charge in [0.05, 0.1) is 11.4 Å². The van der Waals surface area contributed by atoms with Crippen LogP contribution in [0.25, 0.3) is 10.9 Å². The maximum absolute atomic E-state index is 12.5. The Morgan fingerprint density at radius 1 is 1.19 bits per heavy atom. The smallest absolute Gasteiger partial charge is 0.252 e. The maximum atomic E-state index is 12.5. The molecule has 8 heteroatoms. The first-order chi connectivity index (χ1) is 12.2. The van der Waals surface area contributed by atoms with Crippen molar-refractivity contribution < 1.29 is 8.42 Å². The lowest BCUT2D eigenvalue weighted by Gasteiger charge is -2.09. The Bertz CT molecular complexity index is 1110. The van der Waals surface area contributed by atoms with Crippen LogP contribution in [0.1, 0.15) is 42.3 Å². The number of hydrogen-bond acceptors (Lipinski definition) is 4. The molecule has 0 fully saturated rings. The van der Waals surface area contributed by atoms with Crippen molar-refractivity contribution in [3.63, 3.8) is 0 Å². The van der Waals surface area contributed by atoms with E-state index in [2.05, 4.69) is 33.8 Å². The van der Waals surface area contributed by atoms with E-state index in [0.717, 1.165) is 16.5 Å². The van der Waals surface area contributed by atoms with Gasteiger partial charge in [-0.2, -0.15) is 5.10 Å². The second-order valence-electron chi connectivity index (χ2n) is 6.71. The Balaban J connectivity index is 1.93. The predicted molar refractivity (Wildman–Crippen MR) is 101 cm³/mol. The Morgan fingerprint density at radius 3 is 2.54 bits per heavy atom. The molecule has 0 spiro atoms. The molecule has 0 bridgehead atoms. The van der Waals surface area contributed by atoms with Crippen LogP contribution in [-0.4, -0.2) is 23.6 Å². The van der Waals surface area contributed by atoms with E-state index >= 15 is 0 Å². The van der Waals surface area contributed by atoms with Gasteiger partial charge in [-0.15, -0.1) is 0 Å². The standard InChI is InChI=1S/C18H22N4O3S/c1-10(2)13-5-6-16-14(7-13)8-15(18(23)20-16)9-19-26(24,25)17-11(3)21-22-12(17)4/h5-8,10,19H,9H2,1-4H3,(H,20,23)(H,21,22). The Hall–Kier alpha value is -2.45. The highest BCUT2D eigenvalue weighted by molar-refractivity contribution is 7.89. The summed E-state index contributed by atoms with van der Waals surface area (Å²) < 4.78 is 27.6. The molecule has 26 heavy (non-hydrogen) atoms. The molecular formula is C18H22N4O3S. The molecule has 138 valence electrons. The van der Waals surface area contributed by atoms with Gasteiger partial charge in [0.2, 0.25) is 10.0 Å². The van der Waals surface area contributed by atoms with Crippen LogP contribution in [0, 0.1) is 13.8 Å². The van der Waals surface area contributed by atoms with E-state index < -0.39 is 10.0 Å². The summed E-state index contributed by atoms with van der Waals surface area (Å²) in [6.45, 7) is 7.36.